The van der Waals surface area contributed by atoms with Crippen LogP contribution in [-0.4, -0.2) is 15.5 Å². The maximum atomic E-state index is 12.9. The molecule has 1 aromatic heterocycles. The van der Waals surface area contributed by atoms with Gasteiger partial charge in [0.1, 0.15) is 11.9 Å². The molecule has 8 heteroatoms. The minimum Gasteiger partial charge on any atom is -0.342 e. The summed E-state index contributed by atoms with van der Waals surface area (Å²) in [5.41, 5.74) is 0.259. The molecule has 28 heavy (non-hydrogen) atoms. The van der Waals surface area contributed by atoms with Crippen molar-refractivity contribution in [3.05, 3.63) is 88.5 Å². The fraction of sp³-hybridized carbons (Fsp3) is 0.200. The Labute approximate surface area is 165 Å². The van der Waals surface area contributed by atoms with Crippen LogP contribution in [0.5, 0.6) is 0 Å². The average Bonchev–Trinajstić information content (AvgIpc) is 3.06. The average molecular weight is 408 g/mol. The van der Waals surface area contributed by atoms with Gasteiger partial charge in [0.05, 0.1) is 12.0 Å². The molecule has 1 N–H and O–H groups in total. The second-order valence-corrected chi connectivity index (χ2v) is 6.76. The molecule has 146 valence electrons. The summed E-state index contributed by atoms with van der Waals surface area (Å²) in [6, 6.07) is 11.1. The Kier molecular flexibility index (Phi) is 5.74. The number of aromatic nitrogens is 2. The highest BCUT2D eigenvalue weighted by atomic mass is 35.5. The molecule has 0 radical (unpaired) electrons. The summed E-state index contributed by atoms with van der Waals surface area (Å²) in [5, 5.41) is 3.41. The van der Waals surface area contributed by atoms with Gasteiger partial charge in [0, 0.05) is 24.5 Å². The molecule has 0 saturated carbocycles. The third kappa shape index (κ3) is 4.72. The molecule has 0 aliphatic rings. The number of halogens is 4. The van der Waals surface area contributed by atoms with Crippen LogP contribution in [0.25, 0.3) is 0 Å². The van der Waals surface area contributed by atoms with Crippen molar-refractivity contribution in [1.82, 2.24) is 14.9 Å². The van der Waals surface area contributed by atoms with Crippen LogP contribution < -0.4 is 5.32 Å². The van der Waals surface area contributed by atoms with E-state index in [1.165, 1.54) is 12.1 Å². The maximum Gasteiger partial charge on any atom is 0.416 e. The van der Waals surface area contributed by atoms with Crippen molar-refractivity contribution >= 4 is 17.5 Å². The molecule has 2 aromatic carbocycles. The summed E-state index contributed by atoms with van der Waals surface area (Å²) in [6.07, 6.45) is -1.28. The third-order valence-corrected chi connectivity index (χ3v) is 4.50. The van der Waals surface area contributed by atoms with Gasteiger partial charge in [-0.05, 0) is 29.3 Å². The van der Waals surface area contributed by atoms with Crippen molar-refractivity contribution in [1.29, 1.82) is 0 Å². The van der Waals surface area contributed by atoms with Gasteiger partial charge in [-0.3, -0.25) is 4.79 Å². The molecule has 0 aliphatic carbocycles. The van der Waals surface area contributed by atoms with Crippen LogP contribution in [0.15, 0.2) is 60.9 Å². The number of aryl methyl sites for hydroxylation is 1. The van der Waals surface area contributed by atoms with Gasteiger partial charge in [-0.2, -0.15) is 13.2 Å². The highest BCUT2D eigenvalue weighted by Gasteiger charge is 2.30. The molecule has 3 aromatic rings. The van der Waals surface area contributed by atoms with Gasteiger partial charge in [0.2, 0.25) is 5.91 Å². The van der Waals surface area contributed by atoms with Crippen LogP contribution in [-0.2, 0) is 24.4 Å². The van der Waals surface area contributed by atoms with Gasteiger partial charge in [-0.15, -0.1) is 0 Å². The largest absolute Gasteiger partial charge is 0.416 e. The molecule has 0 saturated heterocycles. The van der Waals surface area contributed by atoms with E-state index in [-0.39, 0.29) is 12.0 Å². The summed E-state index contributed by atoms with van der Waals surface area (Å²) in [6.45, 7) is 0. The van der Waals surface area contributed by atoms with E-state index in [4.69, 9.17) is 11.6 Å². The van der Waals surface area contributed by atoms with E-state index in [0.717, 1.165) is 17.7 Å². The summed E-state index contributed by atoms with van der Waals surface area (Å²) in [4.78, 5) is 16.9. The van der Waals surface area contributed by atoms with Gasteiger partial charge in [-0.25, -0.2) is 4.98 Å². The van der Waals surface area contributed by atoms with Gasteiger partial charge < -0.3 is 9.88 Å². The van der Waals surface area contributed by atoms with E-state index < -0.39 is 23.7 Å². The molecule has 1 amide bonds. The van der Waals surface area contributed by atoms with Crippen molar-refractivity contribution in [3.63, 3.8) is 0 Å². The van der Waals surface area contributed by atoms with E-state index in [1.54, 1.807) is 48.3 Å². The van der Waals surface area contributed by atoms with E-state index >= 15 is 0 Å². The zero-order valence-corrected chi connectivity index (χ0v) is 15.6. The van der Waals surface area contributed by atoms with Crippen LogP contribution in [0.2, 0.25) is 5.02 Å². The number of hydrogen-bond acceptors (Lipinski definition) is 2. The van der Waals surface area contributed by atoms with Gasteiger partial charge >= 0.3 is 6.18 Å². The maximum absolute atomic E-state index is 12.9. The summed E-state index contributed by atoms with van der Waals surface area (Å²) in [7, 11) is 1.80. The van der Waals surface area contributed by atoms with E-state index in [0.29, 0.717) is 10.8 Å². The van der Waals surface area contributed by atoms with Crippen LogP contribution >= 0.6 is 11.6 Å². The monoisotopic (exact) mass is 407 g/mol. The lowest BCUT2D eigenvalue weighted by Crippen LogP contribution is -2.32. The van der Waals surface area contributed by atoms with Crippen molar-refractivity contribution < 1.29 is 18.0 Å². The van der Waals surface area contributed by atoms with E-state index in [1.807, 2.05) is 0 Å². The number of imidazole rings is 1. The minimum absolute atomic E-state index is 0.182. The molecule has 0 fully saturated rings. The SMILES string of the molecule is Cn1ccnc1[C@@H](NC(=O)Cc1cccc(C(F)(F)F)c1)c1ccc(Cl)cc1. The Hall–Kier alpha value is -2.80. The quantitative estimate of drug-likeness (QED) is 0.675. The Morgan fingerprint density at radius 3 is 2.54 bits per heavy atom. The normalized spacial score (nSPS) is 12.6. The van der Waals surface area contributed by atoms with Crippen molar-refractivity contribution in [2.24, 2.45) is 7.05 Å². The lowest BCUT2D eigenvalue weighted by molar-refractivity contribution is -0.137. The Morgan fingerprint density at radius 1 is 1.21 bits per heavy atom. The molecular formula is C20H17ClF3N3O. The first-order valence-electron chi connectivity index (χ1n) is 8.42. The van der Waals surface area contributed by atoms with E-state index in [2.05, 4.69) is 10.3 Å². The van der Waals surface area contributed by atoms with Gasteiger partial charge in [0.15, 0.2) is 0 Å². The molecule has 3 rings (SSSR count). The van der Waals surface area contributed by atoms with Crippen LogP contribution in [0.4, 0.5) is 13.2 Å². The molecular weight excluding hydrogens is 391 g/mol. The summed E-state index contributed by atoms with van der Waals surface area (Å²) >= 11 is 5.94. The van der Waals surface area contributed by atoms with Crippen molar-refractivity contribution in [2.45, 2.75) is 18.6 Å². The van der Waals surface area contributed by atoms with Crippen molar-refractivity contribution in [3.8, 4) is 0 Å². The molecule has 0 unspecified atom stereocenters. The second kappa shape index (κ2) is 8.06. The fourth-order valence-electron chi connectivity index (χ4n) is 2.86. The molecule has 0 spiro atoms. The lowest BCUT2D eigenvalue weighted by atomic mass is 10.0. The standard InChI is InChI=1S/C20H17ClF3N3O/c1-27-10-9-25-19(27)18(14-5-7-16(21)8-6-14)26-17(28)12-13-3-2-4-15(11-13)20(22,23)24/h2-11,18H,12H2,1H3,(H,26,28)/t18-/m0/s1. The molecule has 1 atom stereocenters. The number of hydrogen-bond donors (Lipinski definition) is 1. The summed E-state index contributed by atoms with van der Waals surface area (Å²) < 4.78 is 40.4. The first kappa shape index (κ1) is 19.9. The summed E-state index contributed by atoms with van der Waals surface area (Å²) in [5.74, 6) is 0.182. The third-order valence-electron chi connectivity index (χ3n) is 4.24. The molecule has 0 bridgehead atoms. The molecule has 0 aliphatic heterocycles. The lowest BCUT2D eigenvalue weighted by Gasteiger charge is -2.19. The predicted octanol–water partition coefficient (Wildman–Crippen LogP) is 4.54. The molecule has 1 heterocycles. The zero-order chi connectivity index (χ0) is 20.3. The zero-order valence-electron chi connectivity index (χ0n) is 14.9. The van der Waals surface area contributed by atoms with Crippen molar-refractivity contribution in [2.75, 3.05) is 0 Å². The Morgan fingerprint density at radius 2 is 1.93 bits per heavy atom. The predicted molar refractivity (Wildman–Crippen MR) is 99.8 cm³/mol. The number of carbonyl (C=O) groups excluding carboxylic acids is 1. The number of rotatable bonds is 5. The van der Waals surface area contributed by atoms with Crippen LogP contribution in [0.3, 0.4) is 0 Å². The highest BCUT2D eigenvalue weighted by molar-refractivity contribution is 6.30. The first-order valence-corrected chi connectivity index (χ1v) is 8.80. The van der Waals surface area contributed by atoms with E-state index in [9.17, 15) is 18.0 Å². The van der Waals surface area contributed by atoms with Gasteiger partial charge in [0.25, 0.3) is 0 Å². The molecule has 4 nitrogen and oxygen atoms in total. The fourth-order valence-corrected chi connectivity index (χ4v) is 2.99. The van der Waals surface area contributed by atoms with Crippen LogP contribution in [0.1, 0.15) is 28.6 Å². The van der Waals surface area contributed by atoms with Crippen LogP contribution in [0, 0.1) is 0 Å². The number of nitrogens with one attached hydrogen (secondary N) is 1. The number of benzene rings is 2. The minimum atomic E-state index is -4.45. The van der Waals surface area contributed by atoms with Gasteiger partial charge in [-0.1, -0.05) is 41.9 Å². The number of carbonyl (C=O) groups is 1. The second-order valence-electron chi connectivity index (χ2n) is 6.32. The number of nitrogens with zero attached hydrogens (tertiary/aromatic N) is 2. The Balaban J connectivity index is 1.82. The topological polar surface area (TPSA) is 46.9 Å². The number of alkyl halides is 3. The smallest absolute Gasteiger partial charge is 0.342 e. The number of amides is 1. The Bertz CT molecular complexity index is 967. The first-order chi connectivity index (χ1) is 13.2. The highest BCUT2D eigenvalue weighted by Crippen LogP contribution is 2.29.